The first kappa shape index (κ1) is 15.3. The van der Waals surface area contributed by atoms with Crippen molar-refractivity contribution < 1.29 is 4.52 Å². The highest BCUT2D eigenvalue weighted by Gasteiger charge is 2.21. The first-order valence-electron chi connectivity index (χ1n) is 8.16. The van der Waals surface area contributed by atoms with Crippen molar-refractivity contribution in [3.05, 3.63) is 53.4 Å². The van der Waals surface area contributed by atoms with Crippen LogP contribution in [0.5, 0.6) is 0 Å². The normalized spacial score (nSPS) is 18.5. The smallest absolute Gasteiger partial charge is 0.133 e. The average molecular weight is 299 g/mol. The molecule has 2 aromatic rings. The minimum atomic E-state index is 0.253. The zero-order valence-corrected chi connectivity index (χ0v) is 13.5. The highest BCUT2D eigenvalue weighted by molar-refractivity contribution is 5.14. The molecule has 3 rings (SSSR count). The maximum atomic E-state index is 5.16. The first-order valence-corrected chi connectivity index (χ1v) is 8.16. The van der Waals surface area contributed by atoms with E-state index in [4.69, 9.17) is 4.52 Å². The zero-order chi connectivity index (χ0) is 15.4. The molecule has 4 heteroatoms. The third-order valence-electron chi connectivity index (χ3n) is 4.41. The SMILES string of the molecule is Cc1cc([C@H](C)NC2CCN(Cc3ccccc3)CC2)no1. The molecule has 1 atom stereocenters. The fraction of sp³-hybridized carbons (Fsp3) is 0.500. The molecule has 0 bridgehead atoms. The highest BCUT2D eigenvalue weighted by Crippen LogP contribution is 2.18. The van der Waals surface area contributed by atoms with E-state index in [0.717, 1.165) is 31.1 Å². The van der Waals surface area contributed by atoms with Gasteiger partial charge >= 0.3 is 0 Å². The summed E-state index contributed by atoms with van der Waals surface area (Å²) in [5.41, 5.74) is 2.41. The maximum Gasteiger partial charge on any atom is 0.133 e. The standard InChI is InChI=1S/C18H25N3O/c1-14-12-18(20-22-14)15(2)19-17-8-10-21(11-9-17)13-16-6-4-3-5-7-16/h3-7,12,15,17,19H,8-11,13H2,1-2H3/t15-/m0/s1. The van der Waals surface area contributed by atoms with Crippen LogP contribution in [0.25, 0.3) is 0 Å². The summed E-state index contributed by atoms with van der Waals surface area (Å²) in [6.45, 7) is 7.46. The molecule has 1 N–H and O–H groups in total. The quantitative estimate of drug-likeness (QED) is 0.920. The summed E-state index contributed by atoms with van der Waals surface area (Å²) < 4.78 is 5.16. The second kappa shape index (κ2) is 7.07. The molecule has 0 amide bonds. The third-order valence-corrected chi connectivity index (χ3v) is 4.41. The van der Waals surface area contributed by atoms with Gasteiger partial charge in [0.2, 0.25) is 0 Å². The van der Waals surface area contributed by atoms with Crippen LogP contribution >= 0.6 is 0 Å². The molecule has 0 unspecified atom stereocenters. The van der Waals surface area contributed by atoms with E-state index >= 15 is 0 Å². The van der Waals surface area contributed by atoms with Crippen molar-refractivity contribution in [2.75, 3.05) is 13.1 Å². The van der Waals surface area contributed by atoms with Gasteiger partial charge < -0.3 is 9.84 Å². The Labute approximate surface area is 132 Å². The molecular weight excluding hydrogens is 274 g/mol. The number of likely N-dealkylation sites (tertiary alicyclic amines) is 1. The van der Waals surface area contributed by atoms with Gasteiger partial charge in [0, 0.05) is 18.7 Å². The van der Waals surface area contributed by atoms with Crippen LogP contribution in [-0.4, -0.2) is 29.2 Å². The van der Waals surface area contributed by atoms with Crippen LogP contribution in [0.2, 0.25) is 0 Å². The second-order valence-electron chi connectivity index (χ2n) is 6.29. The third kappa shape index (κ3) is 3.96. The number of nitrogens with zero attached hydrogens (tertiary/aromatic N) is 2. The van der Waals surface area contributed by atoms with Gasteiger partial charge in [-0.1, -0.05) is 35.5 Å². The molecule has 2 heterocycles. The number of benzene rings is 1. The number of aromatic nitrogens is 1. The summed E-state index contributed by atoms with van der Waals surface area (Å²) >= 11 is 0. The van der Waals surface area contributed by atoms with Crippen molar-refractivity contribution in [3.63, 3.8) is 0 Å². The Bertz CT molecular complexity index is 573. The lowest BCUT2D eigenvalue weighted by atomic mass is 10.0. The van der Waals surface area contributed by atoms with Gasteiger partial charge in [0.05, 0.1) is 6.04 Å². The number of rotatable bonds is 5. The lowest BCUT2D eigenvalue weighted by Gasteiger charge is -2.33. The minimum absolute atomic E-state index is 0.253. The number of aryl methyl sites for hydroxylation is 1. The molecule has 1 aromatic heterocycles. The summed E-state index contributed by atoms with van der Waals surface area (Å²) in [5, 5.41) is 7.79. The van der Waals surface area contributed by atoms with Crippen LogP contribution in [0.3, 0.4) is 0 Å². The molecule has 0 saturated carbocycles. The van der Waals surface area contributed by atoms with Crippen molar-refractivity contribution in [1.29, 1.82) is 0 Å². The Morgan fingerprint density at radius 3 is 2.64 bits per heavy atom. The Morgan fingerprint density at radius 1 is 1.27 bits per heavy atom. The molecule has 0 spiro atoms. The average Bonchev–Trinajstić information content (AvgIpc) is 2.97. The number of hydrogen-bond acceptors (Lipinski definition) is 4. The molecule has 0 radical (unpaired) electrons. The van der Waals surface area contributed by atoms with Crippen molar-refractivity contribution >= 4 is 0 Å². The predicted molar refractivity (Wildman–Crippen MR) is 87.5 cm³/mol. The fourth-order valence-electron chi connectivity index (χ4n) is 3.13. The maximum absolute atomic E-state index is 5.16. The van der Waals surface area contributed by atoms with Gasteiger partial charge in [-0.05, 0) is 45.3 Å². The number of piperidine rings is 1. The van der Waals surface area contributed by atoms with Crippen LogP contribution in [0.4, 0.5) is 0 Å². The first-order chi connectivity index (χ1) is 10.7. The molecule has 1 aromatic carbocycles. The Morgan fingerprint density at radius 2 is 2.00 bits per heavy atom. The molecule has 1 aliphatic rings. The van der Waals surface area contributed by atoms with E-state index in [2.05, 4.69) is 52.6 Å². The van der Waals surface area contributed by atoms with E-state index < -0.39 is 0 Å². The molecule has 1 aliphatic heterocycles. The summed E-state index contributed by atoms with van der Waals surface area (Å²) in [6.07, 6.45) is 2.38. The number of hydrogen-bond donors (Lipinski definition) is 1. The predicted octanol–water partition coefficient (Wildman–Crippen LogP) is 3.30. The molecule has 1 fully saturated rings. The van der Waals surface area contributed by atoms with Crippen LogP contribution in [0, 0.1) is 6.92 Å². The molecule has 0 aliphatic carbocycles. The Kier molecular flexibility index (Phi) is 4.90. The molecule has 1 saturated heterocycles. The van der Waals surface area contributed by atoms with E-state index in [9.17, 15) is 0 Å². The minimum Gasteiger partial charge on any atom is -0.361 e. The summed E-state index contributed by atoms with van der Waals surface area (Å²) in [6, 6.07) is 13.6. The van der Waals surface area contributed by atoms with Gasteiger partial charge in [0.1, 0.15) is 11.5 Å². The van der Waals surface area contributed by atoms with Gasteiger partial charge in [0.15, 0.2) is 0 Å². The van der Waals surface area contributed by atoms with Gasteiger partial charge in [0.25, 0.3) is 0 Å². The van der Waals surface area contributed by atoms with Crippen LogP contribution in [0.1, 0.15) is 42.8 Å². The van der Waals surface area contributed by atoms with E-state index in [1.54, 1.807) is 0 Å². The van der Waals surface area contributed by atoms with Crippen LogP contribution in [0.15, 0.2) is 40.9 Å². The topological polar surface area (TPSA) is 41.3 Å². The molecule has 118 valence electrons. The van der Waals surface area contributed by atoms with E-state index in [1.807, 2.05) is 13.0 Å². The molecular formula is C18H25N3O. The summed E-state index contributed by atoms with van der Waals surface area (Å²) in [4.78, 5) is 2.54. The zero-order valence-electron chi connectivity index (χ0n) is 13.5. The lowest BCUT2D eigenvalue weighted by Crippen LogP contribution is -2.43. The highest BCUT2D eigenvalue weighted by atomic mass is 16.5. The fourth-order valence-corrected chi connectivity index (χ4v) is 3.13. The van der Waals surface area contributed by atoms with Crippen molar-refractivity contribution in [3.8, 4) is 0 Å². The summed E-state index contributed by atoms with van der Waals surface area (Å²) in [7, 11) is 0. The van der Waals surface area contributed by atoms with Crippen molar-refractivity contribution in [2.24, 2.45) is 0 Å². The summed E-state index contributed by atoms with van der Waals surface area (Å²) in [5.74, 6) is 0.876. The van der Waals surface area contributed by atoms with Crippen LogP contribution < -0.4 is 5.32 Å². The Hall–Kier alpha value is -1.65. The molecule has 22 heavy (non-hydrogen) atoms. The van der Waals surface area contributed by atoms with Gasteiger partial charge in [-0.2, -0.15) is 0 Å². The van der Waals surface area contributed by atoms with E-state index in [1.165, 1.54) is 18.4 Å². The van der Waals surface area contributed by atoms with Crippen LogP contribution in [-0.2, 0) is 6.54 Å². The Balaban J connectivity index is 1.45. The van der Waals surface area contributed by atoms with E-state index in [-0.39, 0.29) is 6.04 Å². The monoisotopic (exact) mass is 299 g/mol. The van der Waals surface area contributed by atoms with Gasteiger partial charge in [-0.3, -0.25) is 4.90 Å². The molecule has 4 nitrogen and oxygen atoms in total. The van der Waals surface area contributed by atoms with Gasteiger partial charge in [-0.25, -0.2) is 0 Å². The van der Waals surface area contributed by atoms with Crippen molar-refractivity contribution in [1.82, 2.24) is 15.4 Å². The second-order valence-corrected chi connectivity index (χ2v) is 6.29. The van der Waals surface area contributed by atoms with Gasteiger partial charge in [-0.15, -0.1) is 0 Å². The van der Waals surface area contributed by atoms with E-state index in [0.29, 0.717) is 6.04 Å². The lowest BCUT2D eigenvalue weighted by molar-refractivity contribution is 0.184. The number of nitrogens with one attached hydrogen (secondary N) is 1. The van der Waals surface area contributed by atoms with Crippen molar-refractivity contribution in [2.45, 2.75) is 45.3 Å². The largest absolute Gasteiger partial charge is 0.361 e.